The van der Waals surface area contributed by atoms with Gasteiger partial charge in [0.25, 0.3) is 0 Å². The molecule has 0 atom stereocenters. The molecule has 0 aliphatic carbocycles. The number of hydrogen-bond donors (Lipinski definition) is 0. The highest BCUT2D eigenvalue weighted by Crippen LogP contribution is 1.92. The lowest BCUT2D eigenvalue weighted by Crippen LogP contribution is -1.90. The van der Waals surface area contributed by atoms with Crippen LogP contribution in [0.1, 0.15) is 18.3 Å². The minimum atomic E-state index is 0.917. The first kappa shape index (κ1) is 6.20. The van der Waals surface area contributed by atoms with Crippen LogP contribution in [0.4, 0.5) is 0 Å². The monoisotopic (exact) mass is 122 g/mol. The average molecular weight is 122 g/mol. The molecule has 0 aliphatic rings. The second-order valence-corrected chi connectivity index (χ2v) is 2.03. The highest BCUT2D eigenvalue weighted by atomic mass is 14.8. The number of aryl methyl sites for hydroxylation is 2. The van der Waals surface area contributed by atoms with Crippen molar-refractivity contribution in [1.29, 1.82) is 0 Å². The van der Waals surface area contributed by atoms with Gasteiger partial charge in [-0.3, -0.25) is 0 Å². The van der Waals surface area contributed by atoms with Crippen molar-refractivity contribution in [1.82, 2.24) is 9.97 Å². The lowest BCUT2D eigenvalue weighted by atomic mass is 10.4. The van der Waals surface area contributed by atoms with E-state index < -0.39 is 0 Å². The van der Waals surface area contributed by atoms with Gasteiger partial charge in [-0.2, -0.15) is 0 Å². The second-order valence-electron chi connectivity index (χ2n) is 2.03. The van der Waals surface area contributed by atoms with Crippen molar-refractivity contribution in [2.45, 2.75) is 20.3 Å². The van der Waals surface area contributed by atoms with Gasteiger partial charge < -0.3 is 0 Å². The fourth-order valence-corrected chi connectivity index (χ4v) is 0.602. The SMILES string of the molecule is CCc1ncc(C)cn1. The lowest BCUT2D eigenvalue weighted by molar-refractivity contribution is 0.929. The Morgan fingerprint density at radius 3 is 2.33 bits per heavy atom. The molecule has 0 amide bonds. The normalized spacial score (nSPS) is 9.56. The maximum atomic E-state index is 4.09. The summed E-state index contributed by atoms with van der Waals surface area (Å²) in [5, 5.41) is 0. The van der Waals surface area contributed by atoms with Crippen LogP contribution in [-0.2, 0) is 6.42 Å². The molecule has 0 bridgehead atoms. The van der Waals surface area contributed by atoms with Gasteiger partial charge in [-0.1, -0.05) is 6.92 Å². The number of aromatic nitrogens is 2. The van der Waals surface area contributed by atoms with Crippen LogP contribution in [0.15, 0.2) is 12.4 Å². The molecule has 1 rings (SSSR count). The van der Waals surface area contributed by atoms with Crippen LogP contribution in [0.25, 0.3) is 0 Å². The van der Waals surface area contributed by atoms with Crippen molar-refractivity contribution in [2.24, 2.45) is 0 Å². The van der Waals surface area contributed by atoms with E-state index in [1.165, 1.54) is 0 Å². The molecule has 1 heterocycles. The van der Waals surface area contributed by atoms with Gasteiger partial charge in [-0.05, 0) is 12.5 Å². The molecule has 2 heteroatoms. The molecule has 0 spiro atoms. The molecule has 1 aromatic heterocycles. The Hall–Kier alpha value is -0.920. The zero-order valence-corrected chi connectivity index (χ0v) is 5.76. The standard InChI is InChI=1S/C7H10N2/c1-3-7-8-4-6(2)5-9-7/h4-5H,3H2,1-2H3. The molecule has 1 aromatic rings. The van der Waals surface area contributed by atoms with Crippen LogP contribution < -0.4 is 0 Å². The average Bonchev–Trinajstić information content (AvgIpc) is 1.90. The summed E-state index contributed by atoms with van der Waals surface area (Å²) in [5.41, 5.74) is 1.12. The van der Waals surface area contributed by atoms with Crippen molar-refractivity contribution in [3.63, 3.8) is 0 Å². The predicted octanol–water partition coefficient (Wildman–Crippen LogP) is 1.35. The molecule has 9 heavy (non-hydrogen) atoms. The smallest absolute Gasteiger partial charge is 0.127 e. The first-order chi connectivity index (χ1) is 4.33. The summed E-state index contributed by atoms with van der Waals surface area (Å²) in [6.07, 6.45) is 4.60. The first-order valence-electron chi connectivity index (χ1n) is 3.10. The van der Waals surface area contributed by atoms with E-state index in [0.29, 0.717) is 0 Å². The van der Waals surface area contributed by atoms with Crippen molar-refractivity contribution in [3.8, 4) is 0 Å². The zero-order chi connectivity index (χ0) is 6.69. The summed E-state index contributed by atoms with van der Waals surface area (Å²) >= 11 is 0. The summed E-state index contributed by atoms with van der Waals surface area (Å²) in [4.78, 5) is 8.17. The summed E-state index contributed by atoms with van der Waals surface area (Å²) in [7, 11) is 0. The third-order valence-corrected chi connectivity index (χ3v) is 1.15. The summed E-state index contributed by atoms with van der Waals surface area (Å²) in [5.74, 6) is 0.917. The third kappa shape index (κ3) is 1.49. The van der Waals surface area contributed by atoms with Crippen LogP contribution >= 0.6 is 0 Å². The molecule has 0 saturated carbocycles. The summed E-state index contributed by atoms with van der Waals surface area (Å²) in [6.45, 7) is 4.03. The van der Waals surface area contributed by atoms with Crippen LogP contribution in [-0.4, -0.2) is 9.97 Å². The van der Waals surface area contributed by atoms with Crippen molar-refractivity contribution < 1.29 is 0 Å². The zero-order valence-electron chi connectivity index (χ0n) is 5.76. The van der Waals surface area contributed by atoms with Gasteiger partial charge in [0.1, 0.15) is 5.82 Å². The Kier molecular flexibility index (Phi) is 1.78. The number of nitrogens with zero attached hydrogens (tertiary/aromatic N) is 2. The van der Waals surface area contributed by atoms with Crippen LogP contribution in [0.2, 0.25) is 0 Å². The van der Waals surface area contributed by atoms with Gasteiger partial charge in [0.05, 0.1) is 0 Å². The van der Waals surface area contributed by atoms with E-state index in [-0.39, 0.29) is 0 Å². The van der Waals surface area contributed by atoms with E-state index in [2.05, 4.69) is 9.97 Å². The Bertz CT molecular complexity index is 179. The minimum Gasteiger partial charge on any atom is -0.241 e. The van der Waals surface area contributed by atoms with Gasteiger partial charge in [-0.25, -0.2) is 9.97 Å². The van der Waals surface area contributed by atoms with Crippen molar-refractivity contribution in [2.75, 3.05) is 0 Å². The molecule has 0 saturated heterocycles. The predicted molar refractivity (Wildman–Crippen MR) is 36.1 cm³/mol. The van der Waals surface area contributed by atoms with Crippen LogP contribution in [0, 0.1) is 6.92 Å². The molecule has 0 N–H and O–H groups in total. The van der Waals surface area contributed by atoms with Gasteiger partial charge in [0, 0.05) is 18.8 Å². The minimum absolute atomic E-state index is 0.917. The molecule has 2 nitrogen and oxygen atoms in total. The van der Waals surface area contributed by atoms with Gasteiger partial charge in [-0.15, -0.1) is 0 Å². The van der Waals surface area contributed by atoms with Crippen molar-refractivity contribution >= 4 is 0 Å². The fourth-order valence-electron chi connectivity index (χ4n) is 0.602. The van der Waals surface area contributed by atoms with E-state index in [0.717, 1.165) is 17.8 Å². The molecular formula is C7H10N2. The van der Waals surface area contributed by atoms with Crippen molar-refractivity contribution in [3.05, 3.63) is 23.8 Å². The summed E-state index contributed by atoms with van der Waals surface area (Å²) in [6, 6.07) is 0. The lowest BCUT2D eigenvalue weighted by Gasteiger charge is -1.92. The Morgan fingerprint density at radius 1 is 1.33 bits per heavy atom. The third-order valence-electron chi connectivity index (χ3n) is 1.15. The quantitative estimate of drug-likeness (QED) is 0.562. The topological polar surface area (TPSA) is 25.8 Å². The molecule has 48 valence electrons. The van der Waals surface area contributed by atoms with E-state index in [1.807, 2.05) is 26.2 Å². The molecule has 0 aliphatic heterocycles. The number of rotatable bonds is 1. The Balaban J connectivity index is 2.88. The highest BCUT2D eigenvalue weighted by Gasteiger charge is 1.88. The number of hydrogen-bond acceptors (Lipinski definition) is 2. The van der Waals surface area contributed by atoms with Gasteiger partial charge in [0.2, 0.25) is 0 Å². The second kappa shape index (κ2) is 2.58. The molecule has 0 fully saturated rings. The summed E-state index contributed by atoms with van der Waals surface area (Å²) < 4.78 is 0. The molecule has 0 radical (unpaired) electrons. The first-order valence-corrected chi connectivity index (χ1v) is 3.10. The maximum absolute atomic E-state index is 4.09. The largest absolute Gasteiger partial charge is 0.241 e. The maximum Gasteiger partial charge on any atom is 0.127 e. The highest BCUT2D eigenvalue weighted by molar-refractivity contribution is 5.01. The molecule has 0 unspecified atom stereocenters. The van der Waals surface area contributed by atoms with Crippen LogP contribution in [0.3, 0.4) is 0 Å². The fraction of sp³-hybridized carbons (Fsp3) is 0.429. The molecule has 0 aromatic carbocycles. The van der Waals surface area contributed by atoms with E-state index in [4.69, 9.17) is 0 Å². The Morgan fingerprint density at radius 2 is 1.89 bits per heavy atom. The van der Waals surface area contributed by atoms with Gasteiger partial charge >= 0.3 is 0 Å². The van der Waals surface area contributed by atoms with Gasteiger partial charge in [0.15, 0.2) is 0 Å². The van der Waals surface area contributed by atoms with Crippen LogP contribution in [0.5, 0.6) is 0 Å². The van der Waals surface area contributed by atoms with E-state index >= 15 is 0 Å². The van der Waals surface area contributed by atoms with E-state index in [9.17, 15) is 0 Å². The van der Waals surface area contributed by atoms with E-state index in [1.54, 1.807) is 0 Å². The Labute approximate surface area is 55.0 Å². The molecular weight excluding hydrogens is 112 g/mol.